The molecule has 0 aliphatic heterocycles. The summed E-state index contributed by atoms with van der Waals surface area (Å²) in [5.74, 6) is 0. The van der Waals surface area contributed by atoms with E-state index in [2.05, 4.69) is 24.1 Å². The Kier molecular flexibility index (Phi) is 5.29. The minimum Gasteiger partial charge on any atom is -0.396 e. The molecule has 2 unspecified atom stereocenters. The summed E-state index contributed by atoms with van der Waals surface area (Å²) in [6.07, 6.45) is 5.49. The van der Waals surface area contributed by atoms with Gasteiger partial charge in [-0.3, -0.25) is 4.98 Å². The smallest absolute Gasteiger partial charge is 0.0431 e. The third-order valence-electron chi connectivity index (χ3n) is 2.54. The minimum atomic E-state index is 0.273. The van der Waals surface area contributed by atoms with Crippen LogP contribution in [-0.2, 0) is 0 Å². The van der Waals surface area contributed by atoms with Crippen LogP contribution < -0.4 is 5.32 Å². The Morgan fingerprint density at radius 3 is 2.60 bits per heavy atom. The van der Waals surface area contributed by atoms with Crippen molar-refractivity contribution < 1.29 is 5.11 Å². The van der Waals surface area contributed by atoms with Crippen molar-refractivity contribution in [3.63, 3.8) is 0 Å². The van der Waals surface area contributed by atoms with Gasteiger partial charge in [-0.05, 0) is 44.4 Å². The molecule has 0 radical (unpaired) electrons. The summed E-state index contributed by atoms with van der Waals surface area (Å²) >= 11 is 0. The number of rotatable bonds is 6. The van der Waals surface area contributed by atoms with E-state index in [9.17, 15) is 0 Å². The van der Waals surface area contributed by atoms with Crippen LogP contribution in [0.2, 0.25) is 0 Å². The second-order valence-corrected chi connectivity index (χ2v) is 3.94. The van der Waals surface area contributed by atoms with Gasteiger partial charge in [-0.1, -0.05) is 0 Å². The maximum atomic E-state index is 8.73. The van der Waals surface area contributed by atoms with Crippen LogP contribution in [-0.4, -0.2) is 22.7 Å². The number of hydrogen-bond donors (Lipinski definition) is 2. The molecule has 0 aromatic carbocycles. The van der Waals surface area contributed by atoms with Gasteiger partial charge in [-0.15, -0.1) is 0 Å². The van der Waals surface area contributed by atoms with Gasteiger partial charge in [0, 0.05) is 31.1 Å². The number of aliphatic hydroxyl groups excluding tert-OH is 1. The van der Waals surface area contributed by atoms with Crippen molar-refractivity contribution in [1.29, 1.82) is 0 Å². The molecule has 0 bridgehead atoms. The molecule has 0 aliphatic rings. The van der Waals surface area contributed by atoms with Crippen molar-refractivity contribution in [2.75, 3.05) is 6.61 Å². The van der Waals surface area contributed by atoms with E-state index in [0.717, 1.165) is 12.8 Å². The molecular formula is C12H20N2O. The third kappa shape index (κ3) is 4.40. The van der Waals surface area contributed by atoms with Crippen molar-refractivity contribution >= 4 is 0 Å². The van der Waals surface area contributed by atoms with Crippen LogP contribution in [0.5, 0.6) is 0 Å². The fourth-order valence-corrected chi connectivity index (χ4v) is 1.66. The molecule has 2 atom stereocenters. The standard InChI is InChI=1S/C12H20N2O/c1-10(4-3-9-15)14-11(2)12-5-7-13-8-6-12/h5-8,10-11,14-15H,3-4,9H2,1-2H3. The summed E-state index contributed by atoms with van der Waals surface area (Å²) in [6, 6.07) is 4.81. The molecule has 1 rings (SSSR count). The average Bonchev–Trinajstić information content (AvgIpc) is 2.27. The van der Waals surface area contributed by atoms with Gasteiger partial charge in [0.05, 0.1) is 0 Å². The van der Waals surface area contributed by atoms with Crippen LogP contribution >= 0.6 is 0 Å². The second-order valence-electron chi connectivity index (χ2n) is 3.94. The lowest BCUT2D eigenvalue weighted by Gasteiger charge is -2.19. The maximum absolute atomic E-state index is 8.73. The highest BCUT2D eigenvalue weighted by Crippen LogP contribution is 2.12. The summed E-state index contributed by atoms with van der Waals surface area (Å²) < 4.78 is 0. The van der Waals surface area contributed by atoms with Gasteiger partial charge in [0.1, 0.15) is 0 Å². The molecule has 15 heavy (non-hydrogen) atoms. The first kappa shape index (κ1) is 12.1. The molecule has 3 heteroatoms. The van der Waals surface area contributed by atoms with Crippen LogP contribution in [0.1, 0.15) is 38.3 Å². The first-order chi connectivity index (χ1) is 7.24. The molecule has 1 heterocycles. The normalized spacial score (nSPS) is 14.9. The Balaban J connectivity index is 2.38. The fourth-order valence-electron chi connectivity index (χ4n) is 1.66. The van der Waals surface area contributed by atoms with Gasteiger partial charge in [0.2, 0.25) is 0 Å². The van der Waals surface area contributed by atoms with Gasteiger partial charge < -0.3 is 10.4 Å². The van der Waals surface area contributed by atoms with Crippen molar-refractivity contribution in [2.24, 2.45) is 0 Å². The van der Waals surface area contributed by atoms with Gasteiger partial charge >= 0.3 is 0 Å². The topological polar surface area (TPSA) is 45.1 Å². The number of aromatic nitrogens is 1. The van der Waals surface area contributed by atoms with Crippen molar-refractivity contribution in [2.45, 2.75) is 38.8 Å². The summed E-state index contributed by atoms with van der Waals surface area (Å²) in [5, 5.41) is 12.2. The van der Waals surface area contributed by atoms with Gasteiger partial charge in [-0.25, -0.2) is 0 Å². The van der Waals surface area contributed by atoms with Crippen LogP contribution in [0.25, 0.3) is 0 Å². The van der Waals surface area contributed by atoms with Crippen molar-refractivity contribution in [3.8, 4) is 0 Å². The average molecular weight is 208 g/mol. The summed E-state index contributed by atoms with van der Waals surface area (Å²) in [4.78, 5) is 4.00. The molecule has 0 aliphatic carbocycles. The first-order valence-corrected chi connectivity index (χ1v) is 5.51. The van der Waals surface area contributed by atoms with Crippen molar-refractivity contribution in [1.82, 2.24) is 10.3 Å². The van der Waals surface area contributed by atoms with Gasteiger partial charge in [0.25, 0.3) is 0 Å². The van der Waals surface area contributed by atoms with Crippen LogP contribution in [0.4, 0.5) is 0 Å². The number of nitrogens with one attached hydrogen (secondary N) is 1. The van der Waals surface area contributed by atoms with Gasteiger partial charge in [-0.2, -0.15) is 0 Å². The van der Waals surface area contributed by atoms with E-state index in [4.69, 9.17) is 5.11 Å². The number of pyridine rings is 1. The monoisotopic (exact) mass is 208 g/mol. The van der Waals surface area contributed by atoms with E-state index in [1.54, 1.807) is 0 Å². The zero-order chi connectivity index (χ0) is 11.1. The quantitative estimate of drug-likeness (QED) is 0.750. The van der Waals surface area contributed by atoms with E-state index in [0.29, 0.717) is 12.1 Å². The predicted molar refractivity (Wildman–Crippen MR) is 61.6 cm³/mol. The molecule has 0 saturated carbocycles. The Morgan fingerprint density at radius 2 is 2.00 bits per heavy atom. The molecule has 0 saturated heterocycles. The van der Waals surface area contributed by atoms with Crippen LogP contribution in [0, 0.1) is 0 Å². The highest BCUT2D eigenvalue weighted by atomic mass is 16.2. The Bertz CT molecular complexity index is 264. The zero-order valence-corrected chi connectivity index (χ0v) is 9.48. The zero-order valence-electron chi connectivity index (χ0n) is 9.48. The maximum Gasteiger partial charge on any atom is 0.0431 e. The fraction of sp³-hybridized carbons (Fsp3) is 0.583. The Hall–Kier alpha value is -0.930. The minimum absolute atomic E-state index is 0.273. The molecule has 3 nitrogen and oxygen atoms in total. The number of hydrogen-bond acceptors (Lipinski definition) is 3. The molecule has 0 fully saturated rings. The van der Waals surface area contributed by atoms with Crippen LogP contribution in [0.15, 0.2) is 24.5 Å². The van der Waals surface area contributed by atoms with Crippen molar-refractivity contribution in [3.05, 3.63) is 30.1 Å². The molecular weight excluding hydrogens is 188 g/mol. The number of aliphatic hydroxyl groups is 1. The lowest BCUT2D eigenvalue weighted by Crippen LogP contribution is -2.29. The highest BCUT2D eigenvalue weighted by molar-refractivity contribution is 5.14. The van der Waals surface area contributed by atoms with Gasteiger partial charge in [0.15, 0.2) is 0 Å². The summed E-state index contributed by atoms with van der Waals surface area (Å²) in [5.41, 5.74) is 1.25. The summed E-state index contributed by atoms with van der Waals surface area (Å²) in [7, 11) is 0. The number of nitrogens with zero attached hydrogens (tertiary/aromatic N) is 1. The van der Waals surface area contributed by atoms with E-state index < -0.39 is 0 Å². The predicted octanol–water partition coefficient (Wildman–Crippen LogP) is 1.89. The lowest BCUT2D eigenvalue weighted by atomic mass is 10.1. The summed E-state index contributed by atoms with van der Waals surface area (Å²) in [6.45, 7) is 4.56. The molecule has 0 amide bonds. The van der Waals surface area contributed by atoms with E-state index in [-0.39, 0.29) is 6.61 Å². The SMILES string of the molecule is CC(CCCO)NC(C)c1ccncc1. The van der Waals surface area contributed by atoms with Crippen LogP contribution in [0.3, 0.4) is 0 Å². The molecule has 2 N–H and O–H groups in total. The molecule has 1 aromatic rings. The Labute approximate surface area is 91.5 Å². The first-order valence-electron chi connectivity index (χ1n) is 5.51. The molecule has 0 spiro atoms. The second kappa shape index (κ2) is 6.53. The largest absolute Gasteiger partial charge is 0.396 e. The molecule has 84 valence electrons. The Morgan fingerprint density at radius 1 is 1.33 bits per heavy atom. The third-order valence-corrected chi connectivity index (χ3v) is 2.54. The molecule has 1 aromatic heterocycles. The van der Waals surface area contributed by atoms with E-state index in [1.165, 1.54) is 5.56 Å². The highest BCUT2D eigenvalue weighted by Gasteiger charge is 2.08. The lowest BCUT2D eigenvalue weighted by molar-refractivity contribution is 0.274. The van der Waals surface area contributed by atoms with E-state index >= 15 is 0 Å². The van der Waals surface area contributed by atoms with E-state index in [1.807, 2.05) is 24.5 Å².